The van der Waals surface area contributed by atoms with Gasteiger partial charge in [-0.1, -0.05) is 48.5 Å². The van der Waals surface area contributed by atoms with Gasteiger partial charge in [0.1, 0.15) is 24.6 Å². The second-order valence-corrected chi connectivity index (χ2v) is 7.34. The first-order valence-electron chi connectivity index (χ1n) is 10.0. The van der Waals surface area contributed by atoms with E-state index in [1.165, 1.54) is 13.3 Å². The van der Waals surface area contributed by atoms with Gasteiger partial charge in [-0.05, 0) is 34.4 Å². The second-order valence-electron chi connectivity index (χ2n) is 7.34. The zero-order valence-corrected chi connectivity index (χ0v) is 17.1. The summed E-state index contributed by atoms with van der Waals surface area (Å²) in [5.74, 6) is 0.499. The van der Waals surface area contributed by atoms with Crippen LogP contribution in [-0.4, -0.2) is 47.7 Å². The van der Waals surface area contributed by atoms with E-state index >= 15 is 0 Å². The molecule has 3 N–H and O–H groups in total. The van der Waals surface area contributed by atoms with Crippen LogP contribution in [0.25, 0.3) is 11.1 Å². The molecule has 1 heterocycles. The number of hydrogen-bond acceptors (Lipinski definition) is 6. The molecule has 0 saturated carbocycles. The van der Waals surface area contributed by atoms with Gasteiger partial charge in [0.15, 0.2) is 0 Å². The number of fused-ring (bicyclic) bond motifs is 3. The second kappa shape index (κ2) is 9.16. The molecule has 7 nitrogen and oxygen atoms in total. The number of carbonyl (C=O) groups excluding carboxylic acids is 1. The fourth-order valence-electron chi connectivity index (χ4n) is 3.83. The van der Waals surface area contributed by atoms with Crippen molar-refractivity contribution in [2.24, 2.45) is 0 Å². The number of nitrogens with one attached hydrogen (secondary N) is 1. The molecule has 1 aliphatic carbocycles. The number of pyridine rings is 1. The maximum absolute atomic E-state index is 12.2. The quantitative estimate of drug-likeness (QED) is 0.543. The van der Waals surface area contributed by atoms with Crippen LogP contribution >= 0.6 is 0 Å². The smallest absolute Gasteiger partial charge is 0.407 e. The van der Waals surface area contributed by atoms with Crippen LogP contribution in [0.1, 0.15) is 28.8 Å². The van der Waals surface area contributed by atoms with E-state index in [1.54, 1.807) is 12.1 Å². The van der Waals surface area contributed by atoms with Crippen molar-refractivity contribution in [2.75, 3.05) is 20.3 Å². The van der Waals surface area contributed by atoms with Gasteiger partial charge in [0.25, 0.3) is 0 Å². The van der Waals surface area contributed by atoms with Gasteiger partial charge < -0.3 is 25.0 Å². The summed E-state index contributed by atoms with van der Waals surface area (Å²) in [6, 6.07) is 19.4. The van der Waals surface area contributed by atoms with E-state index < -0.39 is 18.3 Å². The minimum atomic E-state index is -1.25. The van der Waals surface area contributed by atoms with Crippen molar-refractivity contribution in [3.05, 3.63) is 83.7 Å². The minimum Gasteiger partial charge on any atom is -0.495 e. The van der Waals surface area contributed by atoms with Gasteiger partial charge in [0.2, 0.25) is 0 Å². The average Bonchev–Trinajstić information content (AvgIpc) is 3.14. The van der Waals surface area contributed by atoms with Crippen LogP contribution in [-0.2, 0) is 4.74 Å². The van der Waals surface area contributed by atoms with Crippen LogP contribution in [0, 0.1) is 0 Å². The summed E-state index contributed by atoms with van der Waals surface area (Å²) in [5, 5.41) is 22.9. The van der Waals surface area contributed by atoms with Crippen LogP contribution in [0.2, 0.25) is 0 Å². The number of aliphatic hydroxyl groups excluding tert-OH is 2. The van der Waals surface area contributed by atoms with Crippen molar-refractivity contribution in [1.29, 1.82) is 0 Å². The molecular weight excluding hydrogens is 396 g/mol. The van der Waals surface area contributed by atoms with Gasteiger partial charge in [-0.25, -0.2) is 4.79 Å². The summed E-state index contributed by atoms with van der Waals surface area (Å²) in [7, 11) is 1.51. The third kappa shape index (κ3) is 4.38. The molecule has 0 aliphatic heterocycles. The van der Waals surface area contributed by atoms with Gasteiger partial charge in [0.05, 0.1) is 19.0 Å². The van der Waals surface area contributed by atoms with Crippen molar-refractivity contribution in [2.45, 2.75) is 18.1 Å². The molecule has 160 valence electrons. The zero-order chi connectivity index (χ0) is 21.8. The molecule has 1 aliphatic rings. The monoisotopic (exact) mass is 420 g/mol. The van der Waals surface area contributed by atoms with Gasteiger partial charge in [-0.3, -0.25) is 4.98 Å². The summed E-state index contributed by atoms with van der Waals surface area (Å²) >= 11 is 0. The normalized spacial score (nSPS) is 14.3. The Morgan fingerprint density at radius 3 is 2.26 bits per heavy atom. The molecule has 31 heavy (non-hydrogen) atoms. The number of amides is 1. The Morgan fingerprint density at radius 1 is 1.03 bits per heavy atom. The summed E-state index contributed by atoms with van der Waals surface area (Å²) in [5.41, 5.74) is 4.83. The summed E-state index contributed by atoms with van der Waals surface area (Å²) < 4.78 is 10.5. The van der Waals surface area contributed by atoms with Gasteiger partial charge in [-0.2, -0.15) is 0 Å². The average molecular weight is 420 g/mol. The highest BCUT2D eigenvalue weighted by molar-refractivity contribution is 5.79. The fourth-order valence-corrected chi connectivity index (χ4v) is 3.83. The summed E-state index contributed by atoms with van der Waals surface area (Å²) in [4.78, 5) is 16.3. The highest BCUT2D eigenvalue weighted by Gasteiger charge is 2.29. The number of aliphatic hydroxyl groups is 2. The molecule has 0 spiro atoms. The van der Waals surface area contributed by atoms with E-state index in [0.717, 1.165) is 22.3 Å². The van der Waals surface area contributed by atoms with Crippen molar-refractivity contribution in [1.82, 2.24) is 10.3 Å². The fraction of sp³-hybridized carbons (Fsp3) is 0.250. The SMILES string of the molecule is COc1ccc(C(O)C(O)CNC(=O)OCC2c3ccccc3-c3ccccc32)nc1. The van der Waals surface area contributed by atoms with Gasteiger partial charge in [0, 0.05) is 12.5 Å². The third-order valence-electron chi connectivity index (χ3n) is 5.46. The molecule has 1 aromatic heterocycles. The minimum absolute atomic E-state index is 0.0443. The van der Waals surface area contributed by atoms with Crippen LogP contribution in [0.5, 0.6) is 5.75 Å². The third-order valence-corrected chi connectivity index (χ3v) is 5.46. The van der Waals surface area contributed by atoms with Crippen LogP contribution in [0.15, 0.2) is 66.9 Å². The molecule has 3 aromatic rings. The molecule has 2 atom stereocenters. The van der Waals surface area contributed by atoms with Crippen LogP contribution in [0.4, 0.5) is 4.79 Å². The number of carbonyl (C=O) groups is 1. The lowest BCUT2D eigenvalue weighted by Gasteiger charge is -2.19. The first kappa shape index (κ1) is 20.8. The van der Waals surface area contributed by atoms with E-state index in [4.69, 9.17) is 9.47 Å². The van der Waals surface area contributed by atoms with Crippen molar-refractivity contribution in [3.8, 4) is 16.9 Å². The number of benzene rings is 2. The number of aromatic nitrogens is 1. The number of methoxy groups -OCH3 is 1. The Balaban J connectivity index is 1.32. The highest BCUT2D eigenvalue weighted by atomic mass is 16.5. The molecule has 0 fully saturated rings. The topological polar surface area (TPSA) is 101 Å². The Kier molecular flexibility index (Phi) is 6.16. The lowest BCUT2D eigenvalue weighted by molar-refractivity contribution is 0.0160. The lowest BCUT2D eigenvalue weighted by atomic mass is 9.98. The van der Waals surface area contributed by atoms with E-state index in [-0.39, 0.29) is 24.8 Å². The zero-order valence-electron chi connectivity index (χ0n) is 17.1. The van der Waals surface area contributed by atoms with Gasteiger partial charge >= 0.3 is 6.09 Å². The first-order valence-corrected chi connectivity index (χ1v) is 10.0. The molecule has 4 rings (SSSR count). The Hall–Kier alpha value is -3.42. The Bertz CT molecular complexity index is 1010. The predicted molar refractivity (Wildman–Crippen MR) is 115 cm³/mol. The maximum atomic E-state index is 12.2. The predicted octanol–water partition coefficient (Wildman–Crippen LogP) is 3.02. The molecular formula is C24H24N2O5. The molecule has 0 radical (unpaired) electrons. The maximum Gasteiger partial charge on any atom is 0.407 e. The molecule has 0 saturated heterocycles. The molecule has 2 unspecified atom stereocenters. The Morgan fingerprint density at radius 2 is 1.68 bits per heavy atom. The molecule has 7 heteroatoms. The van der Waals surface area contributed by atoms with Crippen LogP contribution < -0.4 is 10.1 Å². The summed E-state index contributed by atoms with van der Waals surface area (Å²) in [6.45, 7) is 0.00406. The molecule has 1 amide bonds. The van der Waals surface area contributed by atoms with Crippen molar-refractivity contribution in [3.63, 3.8) is 0 Å². The van der Waals surface area contributed by atoms with E-state index in [0.29, 0.717) is 5.75 Å². The first-order chi connectivity index (χ1) is 15.1. The number of rotatable bonds is 7. The number of hydrogen-bond donors (Lipinski definition) is 3. The van der Waals surface area contributed by atoms with E-state index in [1.807, 2.05) is 36.4 Å². The van der Waals surface area contributed by atoms with Gasteiger partial charge in [-0.15, -0.1) is 0 Å². The standard InChI is InChI=1S/C24H24N2O5/c1-30-15-10-11-21(25-12-15)23(28)22(27)13-26-24(29)31-14-20-18-8-4-2-6-16(18)17-7-3-5-9-19(17)20/h2-12,20,22-23,27-28H,13-14H2,1H3,(H,26,29). The van der Waals surface area contributed by atoms with Crippen molar-refractivity contribution >= 4 is 6.09 Å². The van der Waals surface area contributed by atoms with Crippen molar-refractivity contribution < 1.29 is 24.5 Å². The number of nitrogens with zero attached hydrogens (tertiary/aromatic N) is 1. The lowest BCUT2D eigenvalue weighted by Crippen LogP contribution is -2.36. The molecule has 0 bridgehead atoms. The van der Waals surface area contributed by atoms with Crippen LogP contribution in [0.3, 0.4) is 0 Å². The largest absolute Gasteiger partial charge is 0.495 e. The number of ether oxygens (including phenoxy) is 2. The number of alkyl carbamates (subject to hydrolysis) is 1. The summed E-state index contributed by atoms with van der Waals surface area (Å²) in [6.07, 6.45) is -1.69. The van der Waals surface area contributed by atoms with E-state index in [9.17, 15) is 15.0 Å². The Labute approximate surface area is 180 Å². The highest BCUT2D eigenvalue weighted by Crippen LogP contribution is 2.44. The molecule has 2 aromatic carbocycles. The van der Waals surface area contributed by atoms with E-state index in [2.05, 4.69) is 22.4 Å².